The molecule has 0 bridgehead atoms. The number of carboxylic acids is 2. The molecule has 0 radical (unpaired) electrons. The van der Waals surface area contributed by atoms with Gasteiger partial charge in [-0.1, -0.05) is 36.4 Å². The molecule has 1 saturated carbocycles. The molecule has 3 rings (SSSR count). The zero-order chi connectivity index (χ0) is 17.4. The Morgan fingerprint density at radius 3 is 1.67 bits per heavy atom. The molecule has 1 aliphatic rings. The van der Waals surface area contributed by atoms with Gasteiger partial charge in [-0.3, -0.25) is 0 Å². The van der Waals surface area contributed by atoms with E-state index in [1.165, 1.54) is 22.6 Å². The SMILES string of the molecule is O=C([O-])C=CC(=O)O.c1ccc([S+](c2ccccc2)C2CC2)cc1. The van der Waals surface area contributed by atoms with E-state index < -0.39 is 11.9 Å². The van der Waals surface area contributed by atoms with Crippen molar-refractivity contribution in [2.45, 2.75) is 27.9 Å². The molecule has 0 aliphatic heterocycles. The maximum atomic E-state index is 9.53. The molecule has 0 aromatic heterocycles. The van der Waals surface area contributed by atoms with Crippen molar-refractivity contribution < 1.29 is 19.8 Å². The van der Waals surface area contributed by atoms with Gasteiger partial charge in [0.15, 0.2) is 9.79 Å². The van der Waals surface area contributed by atoms with Crippen LogP contribution in [0.15, 0.2) is 82.6 Å². The van der Waals surface area contributed by atoms with Crippen LogP contribution in [-0.2, 0) is 20.5 Å². The lowest BCUT2D eigenvalue weighted by atomic mass is 10.4. The third kappa shape index (κ3) is 5.93. The van der Waals surface area contributed by atoms with Gasteiger partial charge in [-0.2, -0.15) is 0 Å². The molecule has 2 aromatic carbocycles. The van der Waals surface area contributed by atoms with Crippen molar-refractivity contribution in [3.63, 3.8) is 0 Å². The lowest BCUT2D eigenvalue weighted by Crippen LogP contribution is -2.19. The summed E-state index contributed by atoms with van der Waals surface area (Å²) in [5, 5.41) is 18.1. The maximum absolute atomic E-state index is 9.53. The van der Waals surface area contributed by atoms with Crippen molar-refractivity contribution in [1.82, 2.24) is 0 Å². The van der Waals surface area contributed by atoms with E-state index in [-0.39, 0.29) is 0 Å². The number of hydrogen-bond acceptors (Lipinski definition) is 3. The Morgan fingerprint density at radius 1 is 0.917 bits per heavy atom. The molecule has 2 aromatic rings. The fourth-order valence-electron chi connectivity index (χ4n) is 2.10. The van der Waals surface area contributed by atoms with Gasteiger partial charge in [-0.05, 0) is 30.3 Å². The minimum Gasteiger partial charge on any atom is -0.545 e. The van der Waals surface area contributed by atoms with Crippen molar-refractivity contribution in [1.29, 1.82) is 0 Å². The number of benzene rings is 2. The molecule has 1 N–H and O–H groups in total. The summed E-state index contributed by atoms with van der Waals surface area (Å²) < 4.78 is 0. The van der Waals surface area contributed by atoms with Crippen LogP contribution in [0, 0.1) is 0 Å². The second-order valence-corrected chi connectivity index (χ2v) is 7.44. The molecular formula is C19H18O4S. The second kappa shape index (κ2) is 8.93. The Hall–Kier alpha value is -2.53. The van der Waals surface area contributed by atoms with Crippen LogP contribution in [0.4, 0.5) is 0 Å². The van der Waals surface area contributed by atoms with Crippen LogP contribution in [0.3, 0.4) is 0 Å². The first-order valence-corrected chi connectivity index (χ1v) is 8.82. The topological polar surface area (TPSA) is 77.4 Å². The van der Waals surface area contributed by atoms with Gasteiger partial charge < -0.3 is 15.0 Å². The van der Waals surface area contributed by atoms with E-state index in [4.69, 9.17) is 5.11 Å². The Kier molecular flexibility index (Phi) is 6.63. The molecule has 1 fully saturated rings. The maximum Gasteiger partial charge on any atom is 0.328 e. The van der Waals surface area contributed by atoms with Gasteiger partial charge in [0.2, 0.25) is 0 Å². The smallest absolute Gasteiger partial charge is 0.328 e. The molecule has 0 atom stereocenters. The molecule has 1 aliphatic carbocycles. The third-order valence-electron chi connectivity index (χ3n) is 3.21. The second-order valence-electron chi connectivity index (χ2n) is 5.15. The quantitative estimate of drug-likeness (QED) is 0.668. The van der Waals surface area contributed by atoms with Crippen molar-refractivity contribution in [2.24, 2.45) is 0 Å². The molecule has 0 heterocycles. The number of hydrogen-bond donors (Lipinski definition) is 1. The van der Waals surface area contributed by atoms with Gasteiger partial charge in [0.25, 0.3) is 0 Å². The molecule has 0 unspecified atom stereocenters. The highest BCUT2D eigenvalue weighted by atomic mass is 32.2. The van der Waals surface area contributed by atoms with Crippen molar-refractivity contribution in [2.75, 3.05) is 0 Å². The summed E-state index contributed by atoms with van der Waals surface area (Å²) in [5.74, 6) is -2.80. The van der Waals surface area contributed by atoms with Crippen LogP contribution in [0.2, 0.25) is 0 Å². The normalized spacial score (nSPS) is 13.4. The average molecular weight is 342 g/mol. The first-order chi connectivity index (χ1) is 11.6. The molecule has 0 spiro atoms. The van der Waals surface area contributed by atoms with E-state index in [2.05, 4.69) is 60.7 Å². The molecule has 4 nitrogen and oxygen atoms in total. The molecule has 24 heavy (non-hydrogen) atoms. The minimum atomic E-state index is -1.51. The van der Waals surface area contributed by atoms with E-state index >= 15 is 0 Å². The highest BCUT2D eigenvalue weighted by Crippen LogP contribution is 2.39. The lowest BCUT2D eigenvalue weighted by Gasteiger charge is -2.06. The highest BCUT2D eigenvalue weighted by molar-refractivity contribution is 7.97. The molecule has 5 heteroatoms. The average Bonchev–Trinajstić information content (AvgIpc) is 3.41. The van der Waals surface area contributed by atoms with E-state index in [0.29, 0.717) is 23.0 Å². The summed E-state index contributed by atoms with van der Waals surface area (Å²) in [6, 6.07) is 21.9. The van der Waals surface area contributed by atoms with E-state index in [0.717, 1.165) is 5.25 Å². The summed E-state index contributed by atoms with van der Waals surface area (Å²) >= 11 is 0. The van der Waals surface area contributed by atoms with Crippen LogP contribution in [0.25, 0.3) is 0 Å². The predicted octanol–water partition coefficient (Wildman–Crippen LogP) is 2.26. The van der Waals surface area contributed by atoms with Crippen LogP contribution in [0.1, 0.15) is 12.8 Å². The van der Waals surface area contributed by atoms with Crippen LogP contribution < -0.4 is 5.11 Å². The number of carbonyl (C=O) groups excluding carboxylic acids is 1. The molecule has 0 saturated heterocycles. The van der Waals surface area contributed by atoms with Gasteiger partial charge in [0, 0.05) is 18.9 Å². The summed E-state index contributed by atoms with van der Waals surface area (Å²) in [6.07, 6.45) is 3.73. The zero-order valence-electron chi connectivity index (χ0n) is 13.0. The molecule has 0 amide bonds. The predicted molar refractivity (Wildman–Crippen MR) is 91.6 cm³/mol. The monoisotopic (exact) mass is 342 g/mol. The van der Waals surface area contributed by atoms with Crippen LogP contribution in [0.5, 0.6) is 0 Å². The zero-order valence-corrected chi connectivity index (χ0v) is 13.8. The van der Waals surface area contributed by atoms with Crippen LogP contribution >= 0.6 is 0 Å². The largest absolute Gasteiger partial charge is 0.545 e. The van der Waals surface area contributed by atoms with E-state index in [1.54, 1.807) is 0 Å². The number of aliphatic carboxylic acids is 2. The third-order valence-corrected chi connectivity index (χ3v) is 5.91. The number of carbonyl (C=O) groups is 2. The summed E-state index contributed by atoms with van der Waals surface area (Å²) in [7, 11) is 0.308. The Balaban J connectivity index is 0.000000224. The Bertz CT molecular complexity index is 638. The first kappa shape index (κ1) is 17.8. The van der Waals surface area contributed by atoms with Gasteiger partial charge in [0.05, 0.1) is 16.9 Å². The minimum absolute atomic E-state index is 0.308. The fourth-order valence-corrected chi connectivity index (χ4v) is 4.65. The number of rotatable bonds is 5. The summed E-state index contributed by atoms with van der Waals surface area (Å²) in [5.41, 5.74) is 0. The van der Waals surface area contributed by atoms with Crippen molar-refractivity contribution in [3.05, 3.63) is 72.8 Å². The van der Waals surface area contributed by atoms with E-state index in [1.807, 2.05) is 0 Å². The first-order valence-electron chi connectivity index (χ1n) is 7.53. The fraction of sp³-hybridized carbons (Fsp3) is 0.158. The Labute approximate surface area is 143 Å². The van der Waals surface area contributed by atoms with Gasteiger partial charge in [-0.25, -0.2) is 4.79 Å². The highest BCUT2D eigenvalue weighted by Gasteiger charge is 2.43. The summed E-state index contributed by atoms with van der Waals surface area (Å²) in [6.45, 7) is 0. The standard InChI is InChI=1S/C15H15S.C4H4O4/c1-3-7-13(8-4-1)16(15-11-12-15)14-9-5-2-6-10-14;5-3(6)1-2-4(7)8/h1-10,15H,11-12H2;1-2H,(H,5,6)(H,7,8)/q+1;/p-1. The molecule has 124 valence electrons. The number of carboxylic acid groups (broad SMARTS) is 2. The van der Waals surface area contributed by atoms with Crippen molar-refractivity contribution in [3.8, 4) is 0 Å². The molecular weight excluding hydrogens is 324 g/mol. The van der Waals surface area contributed by atoms with Gasteiger partial charge in [0.1, 0.15) is 5.25 Å². The Morgan fingerprint density at radius 2 is 1.38 bits per heavy atom. The van der Waals surface area contributed by atoms with E-state index in [9.17, 15) is 14.7 Å². The van der Waals surface area contributed by atoms with Crippen LogP contribution in [-0.4, -0.2) is 22.3 Å². The van der Waals surface area contributed by atoms with Crippen molar-refractivity contribution >= 4 is 22.8 Å². The van der Waals surface area contributed by atoms with Gasteiger partial charge in [-0.15, -0.1) is 0 Å². The summed E-state index contributed by atoms with van der Waals surface area (Å²) in [4.78, 5) is 22.0. The lowest BCUT2D eigenvalue weighted by molar-refractivity contribution is -0.297. The van der Waals surface area contributed by atoms with Gasteiger partial charge >= 0.3 is 5.97 Å².